The molecule has 3 saturated carbocycles. The third kappa shape index (κ3) is 1.80. The average Bonchev–Trinajstić information content (AvgIpc) is 2.22. The Hall–Kier alpha value is -0.745. The number of rotatable bonds is 2. The second-order valence-electron chi connectivity index (χ2n) is 5.85. The molecule has 2 nitrogen and oxygen atoms in total. The summed E-state index contributed by atoms with van der Waals surface area (Å²) in [6.07, 6.45) is 3.76. The first-order valence-electron chi connectivity index (χ1n) is 6.36. The molecule has 0 saturated heterocycles. The molecule has 4 aliphatic rings. The first-order chi connectivity index (χ1) is 8.96. The number of benzene rings is 1. The van der Waals surface area contributed by atoms with E-state index in [0.717, 1.165) is 22.3 Å². The lowest BCUT2D eigenvalue weighted by molar-refractivity contribution is -0.0423. The van der Waals surface area contributed by atoms with Crippen LogP contribution in [0.4, 0.5) is 10.1 Å². The van der Waals surface area contributed by atoms with Crippen LogP contribution in [-0.2, 0) is 0 Å². The Bertz CT molecular complexity index is 585. The minimum absolute atomic E-state index is 0.277. The van der Waals surface area contributed by atoms with Gasteiger partial charge in [-0.05, 0) is 48.8 Å². The molecule has 0 spiro atoms. The molecule has 1 aromatic rings. The smallest absolute Gasteiger partial charge is 0.163 e. The van der Waals surface area contributed by atoms with Crippen molar-refractivity contribution in [3.63, 3.8) is 0 Å². The third-order valence-electron chi connectivity index (χ3n) is 4.30. The zero-order chi connectivity index (χ0) is 13.3. The highest BCUT2D eigenvalue weighted by Crippen LogP contribution is 2.63. The van der Waals surface area contributed by atoms with Gasteiger partial charge >= 0.3 is 0 Å². The molecular weight excluding hydrogens is 278 g/mol. The van der Waals surface area contributed by atoms with Gasteiger partial charge in [0, 0.05) is 10.4 Å². The van der Waals surface area contributed by atoms with Crippen LogP contribution in [0.1, 0.15) is 19.3 Å². The lowest BCUT2D eigenvalue weighted by Gasteiger charge is -2.62. The van der Waals surface area contributed by atoms with E-state index in [-0.39, 0.29) is 11.4 Å². The van der Waals surface area contributed by atoms with E-state index >= 15 is 0 Å². The minimum Gasteiger partial charge on any atom is -0.366 e. The Morgan fingerprint density at radius 2 is 2.16 bits per heavy atom. The van der Waals surface area contributed by atoms with E-state index in [0.29, 0.717) is 0 Å². The molecule has 2 N–H and O–H groups in total. The fourth-order valence-electron chi connectivity index (χ4n) is 3.27. The lowest BCUT2D eigenvalue weighted by atomic mass is 9.50. The van der Waals surface area contributed by atoms with Crippen LogP contribution in [0.3, 0.4) is 0 Å². The minimum atomic E-state index is -1.89. The van der Waals surface area contributed by atoms with E-state index in [1.807, 2.05) is 5.41 Å². The van der Waals surface area contributed by atoms with E-state index in [9.17, 15) is 4.39 Å². The van der Waals surface area contributed by atoms with E-state index in [1.165, 1.54) is 31.4 Å². The number of nitrogens with one attached hydrogen (secondary N) is 2. The molecule has 3 fully saturated rings. The molecule has 1 aromatic carbocycles. The molecule has 0 aromatic heterocycles. The van der Waals surface area contributed by atoms with E-state index in [1.54, 1.807) is 6.07 Å². The SMILES string of the molecule is [B]S1(S)C=C(NC23CC(C2)C3)Nc2ccc(F)cc21. The average molecular weight is 292 g/mol. The highest BCUT2D eigenvalue weighted by molar-refractivity contribution is 8.98. The van der Waals surface area contributed by atoms with Crippen LogP contribution in [0.15, 0.2) is 34.3 Å². The van der Waals surface area contributed by atoms with Crippen molar-refractivity contribution < 1.29 is 4.39 Å². The molecule has 98 valence electrons. The summed E-state index contributed by atoms with van der Waals surface area (Å²) in [6.45, 7) is 0. The molecule has 5 rings (SSSR count). The van der Waals surface area contributed by atoms with E-state index < -0.39 is 8.91 Å². The molecule has 19 heavy (non-hydrogen) atoms. The predicted octanol–water partition coefficient (Wildman–Crippen LogP) is 3.28. The van der Waals surface area contributed by atoms with Gasteiger partial charge in [0.1, 0.15) is 11.6 Å². The van der Waals surface area contributed by atoms with Crippen LogP contribution < -0.4 is 10.6 Å². The molecule has 1 atom stereocenters. The number of thiol groups is 1. The fraction of sp³-hybridized carbons (Fsp3) is 0.385. The molecule has 1 unspecified atom stereocenters. The van der Waals surface area contributed by atoms with Crippen LogP contribution in [0.25, 0.3) is 0 Å². The number of fused-ring (bicyclic) bond motifs is 1. The summed E-state index contributed by atoms with van der Waals surface area (Å²) in [7, 11) is 4.38. The molecule has 0 amide bonds. The van der Waals surface area contributed by atoms with Gasteiger partial charge in [-0.2, -0.15) is 8.91 Å². The number of hydrogen-bond acceptors (Lipinski definition) is 3. The number of halogens is 1. The van der Waals surface area contributed by atoms with Gasteiger partial charge in [-0.15, -0.1) is 11.7 Å². The predicted molar refractivity (Wildman–Crippen MR) is 81.9 cm³/mol. The second kappa shape index (κ2) is 3.67. The van der Waals surface area contributed by atoms with Crippen molar-refractivity contribution >= 4 is 33.4 Å². The van der Waals surface area contributed by atoms with Crippen molar-refractivity contribution in [2.75, 3.05) is 5.32 Å². The van der Waals surface area contributed by atoms with Crippen LogP contribution in [-0.4, -0.2) is 12.7 Å². The summed E-state index contributed by atoms with van der Waals surface area (Å²) in [5.74, 6) is 1.56. The largest absolute Gasteiger partial charge is 0.366 e. The van der Waals surface area contributed by atoms with Crippen molar-refractivity contribution in [1.29, 1.82) is 0 Å². The van der Waals surface area contributed by atoms with E-state index in [2.05, 4.69) is 22.3 Å². The maximum absolute atomic E-state index is 13.3. The Morgan fingerprint density at radius 1 is 1.42 bits per heavy atom. The Kier molecular flexibility index (Phi) is 2.32. The maximum Gasteiger partial charge on any atom is 0.163 e. The van der Waals surface area contributed by atoms with Gasteiger partial charge in [0.15, 0.2) is 7.12 Å². The number of anilines is 1. The normalized spacial score (nSPS) is 41.6. The highest BCUT2D eigenvalue weighted by Gasteiger charge is 2.57. The first kappa shape index (κ1) is 12.0. The first-order valence-corrected chi connectivity index (χ1v) is 9.17. The van der Waals surface area contributed by atoms with Crippen molar-refractivity contribution in [1.82, 2.24) is 5.32 Å². The Labute approximate surface area is 119 Å². The van der Waals surface area contributed by atoms with Crippen molar-refractivity contribution in [3.8, 4) is 0 Å². The van der Waals surface area contributed by atoms with E-state index in [4.69, 9.17) is 7.12 Å². The molecule has 3 aliphatic carbocycles. The summed E-state index contributed by atoms with van der Waals surface area (Å²) in [5.41, 5.74) is 1.13. The van der Waals surface area contributed by atoms with Crippen LogP contribution >= 0.6 is 20.6 Å². The summed E-state index contributed by atoms with van der Waals surface area (Å²) in [6, 6.07) is 4.64. The fourth-order valence-corrected chi connectivity index (χ4v) is 5.41. The molecular formula is C13H14BFN2S2. The van der Waals surface area contributed by atoms with Crippen LogP contribution in [0.5, 0.6) is 0 Å². The van der Waals surface area contributed by atoms with Crippen LogP contribution in [0.2, 0.25) is 0 Å². The lowest BCUT2D eigenvalue weighted by Crippen LogP contribution is -2.67. The monoisotopic (exact) mass is 292 g/mol. The van der Waals surface area contributed by atoms with Gasteiger partial charge in [0.05, 0.1) is 5.69 Å². The topological polar surface area (TPSA) is 24.1 Å². The molecule has 1 heterocycles. The summed E-state index contributed by atoms with van der Waals surface area (Å²) < 4.78 is 13.3. The standard InChI is InChI=1S/C13H14BFN2S2/c14-19(18)7-12(17-13-4-8(5-13)6-13)16-10-2-1-9(15)3-11(10)19/h1-3,7-8,16-18H,4-6H2. The van der Waals surface area contributed by atoms with Gasteiger partial charge in [0.25, 0.3) is 0 Å². The summed E-state index contributed by atoms with van der Waals surface area (Å²) >= 11 is 4.55. The summed E-state index contributed by atoms with van der Waals surface area (Å²) in [4.78, 5) is 0.749. The molecule has 2 bridgehead atoms. The highest BCUT2D eigenvalue weighted by atomic mass is 33.1. The van der Waals surface area contributed by atoms with Crippen LogP contribution in [0, 0.1) is 11.7 Å². The molecule has 2 radical (unpaired) electrons. The van der Waals surface area contributed by atoms with Crippen molar-refractivity contribution in [3.05, 3.63) is 35.2 Å². The zero-order valence-electron chi connectivity index (χ0n) is 10.3. The maximum atomic E-state index is 13.3. The quantitative estimate of drug-likeness (QED) is 0.443. The zero-order valence-corrected chi connectivity index (χ0v) is 12.0. The van der Waals surface area contributed by atoms with Crippen molar-refractivity contribution in [2.45, 2.75) is 29.7 Å². The van der Waals surface area contributed by atoms with Gasteiger partial charge in [-0.25, -0.2) is 4.39 Å². The summed E-state index contributed by atoms with van der Waals surface area (Å²) in [5, 5.41) is 8.78. The second-order valence-corrected chi connectivity index (χ2v) is 9.69. The van der Waals surface area contributed by atoms with Gasteiger partial charge < -0.3 is 10.6 Å². The van der Waals surface area contributed by atoms with Gasteiger partial charge in [-0.3, -0.25) is 0 Å². The molecule has 6 heteroatoms. The van der Waals surface area contributed by atoms with Crippen molar-refractivity contribution in [2.24, 2.45) is 5.92 Å². The Morgan fingerprint density at radius 3 is 2.79 bits per heavy atom. The van der Waals surface area contributed by atoms with Gasteiger partial charge in [0.2, 0.25) is 0 Å². The molecule has 1 aliphatic heterocycles. The third-order valence-corrected chi connectivity index (χ3v) is 6.84. The Balaban J connectivity index is 1.65. The van der Waals surface area contributed by atoms with Gasteiger partial charge in [-0.1, -0.05) is 0 Å². The number of hydrogen-bond donors (Lipinski definition) is 3.